The minimum atomic E-state index is -6.62. The van der Waals surface area contributed by atoms with E-state index >= 15 is 0 Å². The van der Waals surface area contributed by atoms with E-state index in [0.717, 1.165) is 0 Å². The quantitative estimate of drug-likeness (QED) is 0.144. The number of alkyl halides is 5. The molecule has 0 saturated carbocycles. The van der Waals surface area contributed by atoms with Crippen LogP contribution < -0.4 is 5.11 Å². The Morgan fingerprint density at radius 1 is 0.698 bits per heavy atom. The zero-order valence-electron chi connectivity index (χ0n) is 21.6. The predicted molar refractivity (Wildman–Crippen MR) is 145 cm³/mol. The number of halogens is 5. The number of aromatic carboxylic acids is 2. The van der Waals surface area contributed by atoms with Crippen LogP contribution in [-0.4, -0.2) is 41.4 Å². The lowest BCUT2D eigenvalue weighted by molar-refractivity contribution is -0.255. The molecule has 226 valence electrons. The minimum Gasteiger partial charge on any atom is -0.545 e. The molecule has 0 aliphatic carbocycles. The molecule has 0 aliphatic rings. The molecule has 7 nitrogen and oxygen atoms in total. The van der Waals surface area contributed by atoms with Crippen molar-refractivity contribution >= 4 is 33.0 Å². The first-order valence-corrected chi connectivity index (χ1v) is 14.6. The average molecular weight is 641 g/mol. The van der Waals surface area contributed by atoms with Crippen molar-refractivity contribution in [2.24, 2.45) is 0 Å². The van der Waals surface area contributed by atoms with E-state index in [1.165, 1.54) is 14.7 Å². The first-order chi connectivity index (χ1) is 20.1. The predicted octanol–water partition coefficient (Wildman–Crippen LogP) is 5.66. The first-order valence-electron chi connectivity index (χ1n) is 12.0. The monoisotopic (exact) mass is 640 g/mol. The summed E-state index contributed by atoms with van der Waals surface area (Å²) in [5.74, 6) is -8.97. The van der Waals surface area contributed by atoms with Crippen LogP contribution >= 0.6 is 0 Å². The summed E-state index contributed by atoms with van der Waals surface area (Å²) in [6, 6.07) is 33.3. The third-order valence-corrected chi connectivity index (χ3v) is 8.94. The summed E-state index contributed by atoms with van der Waals surface area (Å²) < 4.78 is 95.9. The summed E-state index contributed by atoms with van der Waals surface area (Å²) in [5, 5.41) is 13.8. The molecule has 0 fully saturated rings. The molecule has 14 heteroatoms. The van der Waals surface area contributed by atoms with Crippen LogP contribution in [0.1, 0.15) is 32.2 Å². The summed E-state index contributed by atoms with van der Waals surface area (Å²) >= 11 is 0. The van der Waals surface area contributed by atoms with Crippen molar-refractivity contribution in [3.05, 3.63) is 126 Å². The highest BCUT2D eigenvalue weighted by Crippen LogP contribution is 2.49. The van der Waals surface area contributed by atoms with Gasteiger partial charge < -0.3 is 15.0 Å². The molecule has 2 N–H and O–H groups in total. The van der Waals surface area contributed by atoms with Gasteiger partial charge in [-0.15, -0.1) is 0 Å². The van der Waals surface area contributed by atoms with Crippen LogP contribution in [0.2, 0.25) is 0 Å². The van der Waals surface area contributed by atoms with Gasteiger partial charge in [0.1, 0.15) is 0 Å². The molecule has 4 rings (SSSR count). The second kappa shape index (κ2) is 13.4. The lowest BCUT2D eigenvalue weighted by atomic mass is 9.90. The fourth-order valence-electron chi connectivity index (χ4n) is 3.99. The van der Waals surface area contributed by atoms with E-state index in [-0.39, 0.29) is 17.0 Å². The van der Waals surface area contributed by atoms with Crippen LogP contribution in [0.15, 0.2) is 124 Å². The molecule has 0 aromatic heterocycles. The summed E-state index contributed by atoms with van der Waals surface area (Å²) in [4.78, 5) is 25.9. The van der Waals surface area contributed by atoms with Crippen LogP contribution in [-0.2, 0) is 21.0 Å². The van der Waals surface area contributed by atoms with Gasteiger partial charge in [0.25, 0.3) is 0 Å². The van der Waals surface area contributed by atoms with Gasteiger partial charge >= 0.3 is 27.5 Å². The summed E-state index contributed by atoms with van der Waals surface area (Å²) in [6.07, 6.45) is -6.05. The minimum absolute atomic E-state index is 0.0146. The lowest BCUT2D eigenvalue weighted by Crippen LogP contribution is -2.44. The van der Waals surface area contributed by atoms with E-state index in [1.807, 2.05) is 0 Å². The van der Waals surface area contributed by atoms with E-state index in [4.69, 9.17) is 9.66 Å². The van der Waals surface area contributed by atoms with Crippen molar-refractivity contribution in [3.63, 3.8) is 0 Å². The SMILES string of the molecule is O=C(O)c1cccc(C(C(F)(F)F)C(F)(F)S(=O)(=O)O)c1C(=O)[O-].c1ccc([S+](c2ccccc2)c2ccccc2)cc1. The molecule has 0 spiro atoms. The first kappa shape index (κ1) is 33.2. The Hall–Kier alpha value is -4.27. The number of carboxylic acids is 2. The Bertz CT molecular complexity index is 1570. The number of carboxylic acid groups (broad SMARTS) is 2. The Labute approximate surface area is 245 Å². The highest BCUT2D eigenvalue weighted by molar-refractivity contribution is 7.97. The molecule has 43 heavy (non-hydrogen) atoms. The molecule has 0 radical (unpaired) electrons. The van der Waals surface area contributed by atoms with Crippen molar-refractivity contribution in [2.45, 2.75) is 32.0 Å². The molecule has 4 aromatic rings. The number of rotatable bonds is 8. The van der Waals surface area contributed by atoms with Gasteiger partial charge in [-0.3, -0.25) is 4.55 Å². The Balaban J connectivity index is 0.000000241. The van der Waals surface area contributed by atoms with Crippen LogP contribution in [0.5, 0.6) is 0 Å². The largest absolute Gasteiger partial charge is 0.545 e. The fraction of sp³-hybridized carbons (Fsp3) is 0.103. The van der Waals surface area contributed by atoms with E-state index in [2.05, 4.69) is 91.0 Å². The average Bonchev–Trinajstić information content (AvgIpc) is 2.93. The van der Waals surface area contributed by atoms with Gasteiger partial charge in [0, 0.05) is 5.56 Å². The normalized spacial score (nSPS) is 12.6. The van der Waals surface area contributed by atoms with Crippen molar-refractivity contribution in [2.75, 3.05) is 0 Å². The molecule has 0 bridgehead atoms. The molecule has 0 amide bonds. The molecule has 4 aromatic carbocycles. The van der Waals surface area contributed by atoms with E-state index in [9.17, 15) is 45.1 Å². The molecule has 1 atom stereocenters. The molecular formula is C29H21F5O7S2. The van der Waals surface area contributed by atoms with E-state index < -0.39 is 56.1 Å². The maximum absolute atomic E-state index is 13.6. The summed E-state index contributed by atoms with van der Waals surface area (Å²) in [7, 11) is -6.64. The van der Waals surface area contributed by atoms with E-state index in [1.54, 1.807) is 0 Å². The van der Waals surface area contributed by atoms with Crippen LogP contribution in [0.3, 0.4) is 0 Å². The van der Waals surface area contributed by atoms with Gasteiger partial charge in [-0.2, -0.15) is 30.4 Å². The molecule has 0 heterocycles. The Morgan fingerprint density at radius 3 is 1.40 bits per heavy atom. The topological polar surface area (TPSA) is 132 Å². The van der Waals surface area contributed by atoms with Gasteiger partial charge in [0.05, 0.1) is 22.4 Å². The Morgan fingerprint density at radius 2 is 1.09 bits per heavy atom. The number of hydrogen-bond acceptors (Lipinski definition) is 5. The van der Waals surface area contributed by atoms with Crippen molar-refractivity contribution in [1.29, 1.82) is 0 Å². The third kappa shape index (κ3) is 7.77. The highest BCUT2D eigenvalue weighted by atomic mass is 32.2. The zero-order chi connectivity index (χ0) is 32.0. The maximum atomic E-state index is 13.6. The molecule has 1 unspecified atom stereocenters. The van der Waals surface area contributed by atoms with Crippen molar-refractivity contribution in [3.8, 4) is 0 Å². The van der Waals surface area contributed by atoms with Gasteiger partial charge in [-0.05, 0) is 48.0 Å². The number of benzene rings is 4. The highest BCUT2D eigenvalue weighted by Gasteiger charge is 2.64. The van der Waals surface area contributed by atoms with Crippen LogP contribution in [0.25, 0.3) is 0 Å². The summed E-state index contributed by atoms with van der Waals surface area (Å²) in [5.41, 5.74) is -4.99. The zero-order valence-corrected chi connectivity index (χ0v) is 23.2. The number of carbonyl (C=O) groups is 2. The van der Waals surface area contributed by atoms with Gasteiger partial charge in [0.15, 0.2) is 20.6 Å². The Kier molecular flexibility index (Phi) is 10.3. The summed E-state index contributed by atoms with van der Waals surface area (Å²) in [6.45, 7) is 0. The third-order valence-electron chi connectivity index (χ3n) is 5.79. The number of carbonyl (C=O) groups excluding carboxylic acids is 1. The molecule has 0 saturated heterocycles. The lowest BCUT2D eigenvalue weighted by Gasteiger charge is -2.29. The molecular weight excluding hydrogens is 619 g/mol. The standard InChI is InChI=1S/C18H15S.C11H7F5O7S/c1-4-10-16(11-5-1)19(17-12-6-2-7-13-17)18-14-8-3-9-15-18;12-10(13,14)7(11(15,16)24(21,22)23)4-2-1-3-5(8(17)18)6(4)9(19)20/h1-15H;1-3,7H,(H,17,18)(H,19,20)(H,21,22,23)/q+1;/p-1. The van der Waals surface area contributed by atoms with E-state index in [0.29, 0.717) is 12.1 Å². The fourth-order valence-corrected chi connectivity index (χ4v) is 6.65. The van der Waals surface area contributed by atoms with Crippen molar-refractivity contribution < 1.29 is 54.7 Å². The second-order valence-corrected chi connectivity index (χ2v) is 12.1. The van der Waals surface area contributed by atoms with Crippen molar-refractivity contribution in [1.82, 2.24) is 0 Å². The van der Waals surface area contributed by atoms with Gasteiger partial charge in [-0.25, -0.2) is 4.79 Å². The van der Waals surface area contributed by atoms with Crippen LogP contribution in [0.4, 0.5) is 22.0 Å². The van der Waals surface area contributed by atoms with Gasteiger partial charge in [0.2, 0.25) is 0 Å². The smallest absolute Gasteiger partial charge is 0.402 e. The number of hydrogen-bond donors (Lipinski definition) is 2. The second-order valence-electron chi connectivity index (χ2n) is 8.62. The maximum Gasteiger partial charge on any atom is 0.402 e. The van der Waals surface area contributed by atoms with Crippen LogP contribution in [0, 0.1) is 0 Å². The molecule has 0 aliphatic heterocycles. The van der Waals surface area contributed by atoms with Gasteiger partial charge in [-0.1, -0.05) is 66.7 Å².